The number of hydrogen-bond donors (Lipinski definition) is 2. The van der Waals surface area contributed by atoms with Gasteiger partial charge in [-0.25, -0.2) is 0 Å². The van der Waals surface area contributed by atoms with Gasteiger partial charge in [-0.3, -0.25) is 0 Å². The minimum Gasteiger partial charge on any atom is -0.507 e. The summed E-state index contributed by atoms with van der Waals surface area (Å²) in [5, 5.41) is 19.6. The molecule has 0 saturated heterocycles. The summed E-state index contributed by atoms with van der Waals surface area (Å²) in [4.78, 5) is 0.653. The first-order valence-electron chi connectivity index (χ1n) is 5.88. The van der Waals surface area contributed by atoms with Gasteiger partial charge in [-0.15, -0.1) is 0 Å². The number of aryl methyl sites for hydroxylation is 1. The van der Waals surface area contributed by atoms with Crippen LogP contribution in [0, 0.1) is 6.92 Å². The third-order valence-corrected chi connectivity index (χ3v) is 3.11. The lowest BCUT2D eigenvalue weighted by atomic mass is 10.1. The molecule has 0 bridgehead atoms. The first-order chi connectivity index (χ1) is 9.08. The van der Waals surface area contributed by atoms with Crippen molar-refractivity contribution in [2.75, 3.05) is 0 Å². The lowest BCUT2D eigenvalue weighted by molar-refractivity contribution is 0.447. The molecule has 19 heavy (non-hydrogen) atoms. The number of phenols is 2. The Kier molecular flexibility index (Phi) is 3.97. The second-order valence-electron chi connectivity index (χ2n) is 4.28. The standard InChI is InChI=1S/C16H14O2S/c1-11-9-14(17)13(15(18)10-11)7-8-16(19)12-5-3-2-4-6-12/h2-10,17-18H,1H3. The molecule has 0 heterocycles. The summed E-state index contributed by atoms with van der Waals surface area (Å²) in [5.41, 5.74) is 2.11. The molecule has 0 unspecified atom stereocenters. The third-order valence-electron chi connectivity index (χ3n) is 2.74. The average Bonchev–Trinajstić information content (AvgIpc) is 2.38. The van der Waals surface area contributed by atoms with Gasteiger partial charge in [-0.2, -0.15) is 0 Å². The van der Waals surface area contributed by atoms with Crippen molar-refractivity contribution in [2.24, 2.45) is 0 Å². The fourth-order valence-electron chi connectivity index (χ4n) is 1.79. The molecule has 3 heteroatoms. The summed E-state index contributed by atoms with van der Waals surface area (Å²) in [6.45, 7) is 1.81. The monoisotopic (exact) mass is 270 g/mol. The molecule has 0 aliphatic rings. The molecule has 0 aliphatic heterocycles. The molecule has 0 spiro atoms. The van der Waals surface area contributed by atoms with Crippen LogP contribution in [0.5, 0.6) is 11.5 Å². The lowest BCUT2D eigenvalue weighted by Gasteiger charge is -2.04. The van der Waals surface area contributed by atoms with Crippen molar-refractivity contribution >= 4 is 23.2 Å². The van der Waals surface area contributed by atoms with Crippen LogP contribution in [0.1, 0.15) is 16.7 Å². The maximum atomic E-state index is 9.80. The van der Waals surface area contributed by atoms with Crippen LogP contribution in [0.4, 0.5) is 0 Å². The summed E-state index contributed by atoms with van der Waals surface area (Å²) < 4.78 is 0. The number of rotatable bonds is 3. The molecule has 0 saturated carbocycles. The molecule has 2 nitrogen and oxygen atoms in total. The second kappa shape index (κ2) is 5.67. The summed E-state index contributed by atoms with van der Waals surface area (Å²) in [6, 6.07) is 12.8. The van der Waals surface area contributed by atoms with E-state index in [-0.39, 0.29) is 11.5 Å². The maximum absolute atomic E-state index is 9.80. The highest BCUT2D eigenvalue weighted by molar-refractivity contribution is 7.81. The average molecular weight is 270 g/mol. The summed E-state index contributed by atoms with van der Waals surface area (Å²) in [5.74, 6) is 0.0919. The first kappa shape index (κ1) is 13.3. The molecule has 0 fully saturated rings. The Hall–Kier alpha value is -2.13. The minimum atomic E-state index is 0.0459. The van der Waals surface area contributed by atoms with Crippen LogP contribution in [-0.4, -0.2) is 15.1 Å². The predicted octanol–water partition coefficient (Wildman–Crippen LogP) is 3.84. The molecule has 2 rings (SSSR count). The van der Waals surface area contributed by atoms with E-state index in [1.807, 2.05) is 37.3 Å². The molecule has 0 amide bonds. The molecule has 0 aromatic heterocycles. The number of benzene rings is 2. The summed E-state index contributed by atoms with van der Waals surface area (Å²) in [6.07, 6.45) is 3.33. The van der Waals surface area contributed by atoms with E-state index in [2.05, 4.69) is 0 Å². The maximum Gasteiger partial charge on any atom is 0.126 e. The van der Waals surface area contributed by atoms with Crippen LogP contribution in [0.2, 0.25) is 0 Å². The van der Waals surface area contributed by atoms with E-state index in [4.69, 9.17) is 12.2 Å². The molecule has 0 aliphatic carbocycles. The Labute approximate surface area is 117 Å². The van der Waals surface area contributed by atoms with Crippen molar-refractivity contribution in [3.8, 4) is 11.5 Å². The predicted molar refractivity (Wildman–Crippen MR) is 81.7 cm³/mol. The number of phenolic OH excluding ortho intramolecular Hbond substituents is 2. The minimum absolute atomic E-state index is 0.0459. The Morgan fingerprint density at radius 3 is 2.21 bits per heavy atom. The number of aromatic hydroxyl groups is 2. The normalized spacial score (nSPS) is 10.8. The topological polar surface area (TPSA) is 40.5 Å². The SMILES string of the molecule is Cc1cc(O)c(C=CC(=S)c2ccccc2)c(O)c1. The van der Waals surface area contributed by atoms with Crippen LogP contribution in [0.25, 0.3) is 6.08 Å². The third kappa shape index (κ3) is 3.20. The lowest BCUT2D eigenvalue weighted by Crippen LogP contribution is -1.91. The quantitative estimate of drug-likeness (QED) is 0.506. The van der Waals surface area contributed by atoms with Gasteiger partial charge in [0, 0.05) is 4.86 Å². The number of thiocarbonyl (C=S) groups is 1. The molecule has 0 atom stereocenters. The van der Waals surface area contributed by atoms with E-state index in [0.717, 1.165) is 11.1 Å². The van der Waals surface area contributed by atoms with Gasteiger partial charge in [0.2, 0.25) is 0 Å². The van der Waals surface area contributed by atoms with Gasteiger partial charge < -0.3 is 10.2 Å². The first-order valence-corrected chi connectivity index (χ1v) is 6.29. The van der Waals surface area contributed by atoms with E-state index >= 15 is 0 Å². The van der Waals surface area contributed by atoms with Gasteiger partial charge in [0.1, 0.15) is 11.5 Å². The number of hydrogen-bond acceptors (Lipinski definition) is 3. The smallest absolute Gasteiger partial charge is 0.126 e. The van der Waals surface area contributed by atoms with E-state index in [1.165, 1.54) is 0 Å². The summed E-state index contributed by atoms with van der Waals surface area (Å²) >= 11 is 5.28. The summed E-state index contributed by atoms with van der Waals surface area (Å²) in [7, 11) is 0. The highest BCUT2D eigenvalue weighted by Crippen LogP contribution is 2.29. The zero-order chi connectivity index (χ0) is 13.8. The molecular formula is C16H14O2S. The molecule has 2 aromatic rings. The molecule has 2 aromatic carbocycles. The van der Waals surface area contributed by atoms with E-state index in [1.54, 1.807) is 24.3 Å². The van der Waals surface area contributed by atoms with Crippen molar-refractivity contribution in [3.05, 3.63) is 65.2 Å². The van der Waals surface area contributed by atoms with E-state index in [0.29, 0.717) is 10.4 Å². The van der Waals surface area contributed by atoms with Gasteiger partial charge in [-0.05, 0) is 42.3 Å². The number of allylic oxidation sites excluding steroid dienone is 1. The van der Waals surface area contributed by atoms with Gasteiger partial charge in [0.15, 0.2) is 0 Å². The van der Waals surface area contributed by atoms with Crippen LogP contribution in [-0.2, 0) is 0 Å². The van der Waals surface area contributed by atoms with Gasteiger partial charge in [0.25, 0.3) is 0 Å². The van der Waals surface area contributed by atoms with E-state index in [9.17, 15) is 10.2 Å². The van der Waals surface area contributed by atoms with Crippen LogP contribution in [0.15, 0.2) is 48.5 Å². The zero-order valence-corrected chi connectivity index (χ0v) is 11.3. The fourth-order valence-corrected chi connectivity index (χ4v) is 1.99. The fraction of sp³-hybridized carbons (Fsp3) is 0.0625. The van der Waals surface area contributed by atoms with Gasteiger partial charge >= 0.3 is 0 Å². The highest BCUT2D eigenvalue weighted by atomic mass is 32.1. The molecule has 2 N–H and O–H groups in total. The van der Waals surface area contributed by atoms with Crippen molar-refractivity contribution in [3.63, 3.8) is 0 Å². The van der Waals surface area contributed by atoms with Crippen LogP contribution >= 0.6 is 12.2 Å². The van der Waals surface area contributed by atoms with Crippen molar-refractivity contribution < 1.29 is 10.2 Å². The van der Waals surface area contributed by atoms with Crippen molar-refractivity contribution in [2.45, 2.75) is 6.92 Å². The van der Waals surface area contributed by atoms with Crippen molar-refractivity contribution in [1.82, 2.24) is 0 Å². The Bertz CT molecular complexity index is 607. The molecular weight excluding hydrogens is 256 g/mol. The van der Waals surface area contributed by atoms with Crippen molar-refractivity contribution in [1.29, 1.82) is 0 Å². The zero-order valence-electron chi connectivity index (χ0n) is 10.5. The van der Waals surface area contributed by atoms with Gasteiger partial charge in [0.05, 0.1) is 5.56 Å². The van der Waals surface area contributed by atoms with Gasteiger partial charge in [-0.1, -0.05) is 42.5 Å². The molecule has 96 valence electrons. The Morgan fingerprint density at radius 1 is 1.05 bits per heavy atom. The van der Waals surface area contributed by atoms with Crippen LogP contribution < -0.4 is 0 Å². The second-order valence-corrected chi connectivity index (χ2v) is 4.72. The molecule has 0 radical (unpaired) electrons. The van der Waals surface area contributed by atoms with Crippen LogP contribution in [0.3, 0.4) is 0 Å². The Morgan fingerprint density at radius 2 is 1.63 bits per heavy atom. The van der Waals surface area contributed by atoms with E-state index < -0.39 is 0 Å². The largest absolute Gasteiger partial charge is 0.507 e. The Balaban J connectivity index is 2.27. The highest BCUT2D eigenvalue weighted by Gasteiger charge is 2.05.